The molecule has 5 nitrogen and oxygen atoms in total. The Morgan fingerprint density at radius 1 is 1.40 bits per heavy atom. The third-order valence-electron chi connectivity index (χ3n) is 2.31. The molecule has 2 N–H and O–H groups in total. The first kappa shape index (κ1) is 16.5. The van der Waals surface area contributed by atoms with Crippen LogP contribution < -0.4 is 10.6 Å². The molecule has 1 rings (SSSR count). The SMILES string of the molecule is C[C@@H](CNC(=O)Cc1ccsc1)NC(=O)OC(C)(C)C. The van der Waals surface area contributed by atoms with Gasteiger partial charge in [0, 0.05) is 12.6 Å². The van der Waals surface area contributed by atoms with Gasteiger partial charge in [-0.15, -0.1) is 0 Å². The predicted molar refractivity (Wildman–Crippen MR) is 79.9 cm³/mol. The smallest absolute Gasteiger partial charge is 0.407 e. The van der Waals surface area contributed by atoms with E-state index in [0.29, 0.717) is 13.0 Å². The van der Waals surface area contributed by atoms with Crippen molar-refractivity contribution >= 4 is 23.3 Å². The van der Waals surface area contributed by atoms with Gasteiger partial charge in [0.05, 0.1) is 6.42 Å². The molecule has 1 heterocycles. The number of rotatable bonds is 5. The molecule has 0 spiro atoms. The first-order valence-electron chi connectivity index (χ1n) is 6.53. The molecule has 0 aliphatic heterocycles. The number of nitrogens with one attached hydrogen (secondary N) is 2. The second-order valence-corrected chi connectivity index (χ2v) is 6.44. The van der Waals surface area contributed by atoms with E-state index in [1.807, 2.05) is 23.8 Å². The molecule has 112 valence electrons. The van der Waals surface area contributed by atoms with E-state index in [2.05, 4.69) is 10.6 Å². The van der Waals surface area contributed by atoms with Crippen LogP contribution in [-0.2, 0) is 16.0 Å². The Morgan fingerprint density at radius 3 is 2.65 bits per heavy atom. The van der Waals surface area contributed by atoms with Gasteiger partial charge in [0.15, 0.2) is 0 Å². The highest BCUT2D eigenvalue weighted by atomic mass is 32.1. The van der Waals surface area contributed by atoms with Crippen molar-refractivity contribution in [1.29, 1.82) is 0 Å². The van der Waals surface area contributed by atoms with E-state index in [9.17, 15) is 9.59 Å². The molecule has 0 radical (unpaired) electrons. The molecule has 1 atom stereocenters. The van der Waals surface area contributed by atoms with Crippen LogP contribution in [0.25, 0.3) is 0 Å². The van der Waals surface area contributed by atoms with Crippen molar-refractivity contribution in [1.82, 2.24) is 10.6 Å². The fourth-order valence-electron chi connectivity index (χ4n) is 1.47. The lowest BCUT2D eigenvalue weighted by molar-refractivity contribution is -0.120. The second kappa shape index (κ2) is 7.28. The predicted octanol–water partition coefficient (Wildman–Crippen LogP) is 2.32. The Balaban J connectivity index is 2.24. The molecule has 6 heteroatoms. The van der Waals surface area contributed by atoms with Gasteiger partial charge < -0.3 is 15.4 Å². The molecule has 20 heavy (non-hydrogen) atoms. The Kier molecular flexibility index (Phi) is 6.01. The molecular formula is C14H22N2O3S. The summed E-state index contributed by atoms with van der Waals surface area (Å²) in [6.07, 6.45) is -0.111. The molecule has 1 aromatic rings. The summed E-state index contributed by atoms with van der Waals surface area (Å²) in [5.74, 6) is -0.0544. The number of ether oxygens (including phenoxy) is 1. The molecule has 0 aliphatic carbocycles. The molecule has 0 aromatic carbocycles. The third-order valence-corrected chi connectivity index (χ3v) is 3.05. The van der Waals surface area contributed by atoms with Crippen molar-refractivity contribution in [2.45, 2.75) is 45.8 Å². The lowest BCUT2D eigenvalue weighted by Crippen LogP contribution is -2.44. The van der Waals surface area contributed by atoms with E-state index in [1.54, 1.807) is 32.1 Å². The fourth-order valence-corrected chi connectivity index (χ4v) is 2.14. The summed E-state index contributed by atoms with van der Waals surface area (Å²) in [5, 5.41) is 9.35. The zero-order chi connectivity index (χ0) is 15.2. The summed E-state index contributed by atoms with van der Waals surface area (Å²) in [4.78, 5) is 23.2. The van der Waals surface area contributed by atoms with Crippen molar-refractivity contribution in [3.8, 4) is 0 Å². The van der Waals surface area contributed by atoms with Crippen LogP contribution in [0.2, 0.25) is 0 Å². The van der Waals surface area contributed by atoms with Crippen molar-refractivity contribution in [3.63, 3.8) is 0 Å². The van der Waals surface area contributed by atoms with Gasteiger partial charge in [0.2, 0.25) is 5.91 Å². The van der Waals surface area contributed by atoms with Crippen molar-refractivity contribution in [2.75, 3.05) is 6.54 Å². The first-order valence-corrected chi connectivity index (χ1v) is 7.48. The maximum absolute atomic E-state index is 11.7. The zero-order valence-electron chi connectivity index (χ0n) is 12.4. The number of hydrogen-bond acceptors (Lipinski definition) is 4. The van der Waals surface area contributed by atoms with Crippen molar-refractivity contribution in [2.24, 2.45) is 0 Å². The number of alkyl carbamates (subject to hydrolysis) is 1. The minimum absolute atomic E-state index is 0.0544. The van der Waals surface area contributed by atoms with Gasteiger partial charge in [-0.3, -0.25) is 4.79 Å². The Bertz CT molecular complexity index is 438. The lowest BCUT2D eigenvalue weighted by atomic mass is 10.2. The van der Waals surface area contributed by atoms with Crippen LogP contribution in [0.5, 0.6) is 0 Å². The normalized spacial score (nSPS) is 12.6. The maximum Gasteiger partial charge on any atom is 0.407 e. The number of thiophene rings is 1. The number of amides is 2. The summed E-state index contributed by atoms with van der Waals surface area (Å²) in [7, 11) is 0. The summed E-state index contributed by atoms with van der Waals surface area (Å²) < 4.78 is 5.14. The van der Waals surface area contributed by atoms with Crippen LogP contribution in [0.15, 0.2) is 16.8 Å². The van der Waals surface area contributed by atoms with Crippen LogP contribution in [0.1, 0.15) is 33.3 Å². The van der Waals surface area contributed by atoms with Crippen LogP contribution in [0.3, 0.4) is 0 Å². The molecule has 0 aliphatic rings. The van der Waals surface area contributed by atoms with Crippen molar-refractivity contribution in [3.05, 3.63) is 22.4 Å². The van der Waals surface area contributed by atoms with Crippen LogP contribution in [0, 0.1) is 0 Å². The van der Waals surface area contributed by atoms with Crippen molar-refractivity contribution < 1.29 is 14.3 Å². The molecule has 0 saturated heterocycles. The number of carbonyl (C=O) groups is 2. The van der Waals surface area contributed by atoms with Gasteiger partial charge in [-0.1, -0.05) is 0 Å². The Hall–Kier alpha value is -1.56. The highest BCUT2D eigenvalue weighted by molar-refractivity contribution is 7.07. The minimum Gasteiger partial charge on any atom is -0.444 e. The van der Waals surface area contributed by atoms with E-state index >= 15 is 0 Å². The van der Waals surface area contributed by atoms with E-state index in [4.69, 9.17) is 4.74 Å². The van der Waals surface area contributed by atoms with Crippen LogP contribution in [-0.4, -0.2) is 30.2 Å². The monoisotopic (exact) mass is 298 g/mol. The third kappa shape index (κ3) is 7.13. The van der Waals surface area contributed by atoms with E-state index in [1.165, 1.54) is 0 Å². The van der Waals surface area contributed by atoms with E-state index < -0.39 is 11.7 Å². The highest BCUT2D eigenvalue weighted by Crippen LogP contribution is 2.07. The van der Waals surface area contributed by atoms with Crippen LogP contribution in [0.4, 0.5) is 4.79 Å². The van der Waals surface area contributed by atoms with Gasteiger partial charge >= 0.3 is 6.09 Å². The van der Waals surface area contributed by atoms with Gasteiger partial charge in [-0.2, -0.15) is 11.3 Å². The molecule has 1 aromatic heterocycles. The molecule has 0 unspecified atom stereocenters. The zero-order valence-corrected chi connectivity index (χ0v) is 13.2. The fraction of sp³-hybridized carbons (Fsp3) is 0.571. The Labute approximate surface area is 123 Å². The summed E-state index contributed by atoms with van der Waals surface area (Å²) in [5.41, 5.74) is 0.478. The highest BCUT2D eigenvalue weighted by Gasteiger charge is 2.17. The minimum atomic E-state index is -0.522. The number of carbonyl (C=O) groups excluding carboxylic acids is 2. The van der Waals surface area contributed by atoms with Gasteiger partial charge in [0.25, 0.3) is 0 Å². The number of hydrogen-bond donors (Lipinski definition) is 2. The standard InChI is InChI=1S/C14H22N2O3S/c1-10(16-13(18)19-14(2,3)4)8-15-12(17)7-11-5-6-20-9-11/h5-6,9-10H,7-8H2,1-4H3,(H,15,17)(H,16,18)/t10-/m0/s1. The molecule has 0 saturated carbocycles. The largest absolute Gasteiger partial charge is 0.444 e. The average Bonchev–Trinajstić information content (AvgIpc) is 2.76. The summed E-state index contributed by atoms with van der Waals surface area (Å²) >= 11 is 1.57. The molecular weight excluding hydrogens is 276 g/mol. The maximum atomic E-state index is 11.7. The van der Waals surface area contributed by atoms with Gasteiger partial charge in [0.1, 0.15) is 5.60 Å². The van der Waals surface area contributed by atoms with Crippen LogP contribution >= 0.6 is 11.3 Å². The lowest BCUT2D eigenvalue weighted by Gasteiger charge is -2.22. The van der Waals surface area contributed by atoms with E-state index in [-0.39, 0.29) is 11.9 Å². The second-order valence-electron chi connectivity index (χ2n) is 5.66. The van der Waals surface area contributed by atoms with E-state index in [0.717, 1.165) is 5.56 Å². The Morgan fingerprint density at radius 2 is 2.10 bits per heavy atom. The first-order chi connectivity index (χ1) is 9.26. The topological polar surface area (TPSA) is 67.4 Å². The van der Waals surface area contributed by atoms with Gasteiger partial charge in [-0.05, 0) is 50.1 Å². The summed E-state index contributed by atoms with van der Waals surface area (Å²) in [6.45, 7) is 7.61. The molecule has 0 fully saturated rings. The molecule has 0 bridgehead atoms. The average molecular weight is 298 g/mol. The van der Waals surface area contributed by atoms with Gasteiger partial charge in [-0.25, -0.2) is 4.79 Å². The summed E-state index contributed by atoms with van der Waals surface area (Å²) in [6, 6.07) is 1.74. The quantitative estimate of drug-likeness (QED) is 0.876. The molecule has 2 amide bonds.